The summed E-state index contributed by atoms with van der Waals surface area (Å²) in [5.74, 6) is 2.20. The van der Waals surface area contributed by atoms with Crippen molar-refractivity contribution in [2.45, 2.75) is 25.3 Å². The Morgan fingerprint density at radius 1 is 1.18 bits per heavy atom. The maximum Gasteiger partial charge on any atom is 0.224 e. The zero-order valence-corrected chi connectivity index (χ0v) is 16.1. The molecule has 0 amide bonds. The van der Waals surface area contributed by atoms with E-state index in [9.17, 15) is 0 Å². The summed E-state index contributed by atoms with van der Waals surface area (Å²) in [6.45, 7) is 0.455. The second-order valence-electron chi connectivity index (χ2n) is 6.69. The maximum atomic E-state index is 6.44. The normalized spacial score (nSPS) is 13.8. The molecular formula is C18H16Cl2N8. The van der Waals surface area contributed by atoms with Gasteiger partial charge in [0, 0.05) is 24.2 Å². The predicted octanol–water partition coefficient (Wildman–Crippen LogP) is 4.62. The van der Waals surface area contributed by atoms with E-state index < -0.39 is 0 Å². The third-order valence-electron chi connectivity index (χ3n) is 4.65. The highest BCUT2D eigenvalue weighted by Crippen LogP contribution is 2.39. The summed E-state index contributed by atoms with van der Waals surface area (Å²) < 4.78 is 0. The standard InChI is InChI=1S/C18H16Cl2N8/c19-11-7-22-18(21-6-10-3-4-12-16(15(10)20)24-8-23-12)26-17(11)25-14-5-13(27-28-14)9-1-2-9/h3-5,7-9H,1-2,6H2,(H,23,24)(H3,21,22,25,26,27,28). The van der Waals surface area contributed by atoms with Gasteiger partial charge in [-0.15, -0.1) is 0 Å². The third kappa shape index (κ3) is 3.36. The Morgan fingerprint density at radius 2 is 2.07 bits per heavy atom. The van der Waals surface area contributed by atoms with Crippen molar-refractivity contribution in [2.75, 3.05) is 10.6 Å². The molecular weight excluding hydrogens is 399 g/mol. The number of hydrogen-bond donors (Lipinski definition) is 4. The lowest BCUT2D eigenvalue weighted by atomic mass is 10.2. The van der Waals surface area contributed by atoms with Crippen molar-refractivity contribution >= 4 is 51.8 Å². The van der Waals surface area contributed by atoms with Crippen LogP contribution in [-0.2, 0) is 6.54 Å². The molecule has 4 N–H and O–H groups in total. The number of anilines is 3. The van der Waals surface area contributed by atoms with Crippen molar-refractivity contribution in [3.8, 4) is 0 Å². The fourth-order valence-corrected chi connectivity index (χ4v) is 3.41. The number of halogens is 2. The molecule has 0 spiro atoms. The molecule has 5 rings (SSSR count). The highest BCUT2D eigenvalue weighted by Gasteiger charge is 2.25. The second kappa shape index (κ2) is 6.96. The first-order chi connectivity index (χ1) is 13.7. The van der Waals surface area contributed by atoms with E-state index in [2.05, 4.69) is 40.8 Å². The number of fused-ring (bicyclic) bond motifs is 1. The molecule has 0 saturated heterocycles. The van der Waals surface area contributed by atoms with E-state index in [0.29, 0.717) is 40.1 Å². The van der Waals surface area contributed by atoms with Crippen molar-refractivity contribution in [1.82, 2.24) is 30.1 Å². The fraction of sp³-hybridized carbons (Fsp3) is 0.222. The minimum absolute atomic E-state index is 0.414. The lowest BCUT2D eigenvalue weighted by molar-refractivity contribution is 0.966. The number of imidazole rings is 1. The molecule has 0 radical (unpaired) electrons. The van der Waals surface area contributed by atoms with Crippen molar-refractivity contribution < 1.29 is 0 Å². The van der Waals surface area contributed by atoms with Gasteiger partial charge in [-0.1, -0.05) is 29.3 Å². The first kappa shape index (κ1) is 17.3. The molecule has 0 bridgehead atoms. The fourth-order valence-electron chi connectivity index (χ4n) is 2.99. The lowest BCUT2D eigenvalue weighted by Crippen LogP contribution is -2.06. The summed E-state index contributed by atoms with van der Waals surface area (Å²) in [6.07, 6.45) is 5.58. The van der Waals surface area contributed by atoms with Gasteiger partial charge in [0.25, 0.3) is 0 Å². The molecule has 142 valence electrons. The number of aromatic amines is 2. The van der Waals surface area contributed by atoms with E-state index in [1.165, 1.54) is 12.8 Å². The molecule has 1 aliphatic carbocycles. The van der Waals surface area contributed by atoms with Crippen LogP contribution in [0.1, 0.15) is 30.0 Å². The van der Waals surface area contributed by atoms with E-state index in [1.807, 2.05) is 18.2 Å². The van der Waals surface area contributed by atoms with Crippen LogP contribution in [0.15, 0.2) is 30.7 Å². The zero-order valence-electron chi connectivity index (χ0n) is 14.6. The summed E-state index contributed by atoms with van der Waals surface area (Å²) in [4.78, 5) is 16.0. The van der Waals surface area contributed by atoms with Gasteiger partial charge in [-0.05, 0) is 24.5 Å². The van der Waals surface area contributed by atoms with Crippen molar-refractivity contribution in [2.24, 2.45) is 0 Å². The summed E-state index contributed by atoms with van der Waals surface area (Å²) in [5.41, 5.74) is 3.67. The molecule has 1 aromatic carbocycles. The van der Waals surface area contributed by atoms with Crippen molar-refractivity contribution in [3.05, 3.63) is 52.0 Å². The van der Waals surface area contributed by atoms with E-state index in [4.69, 9.17) is 23.2 Å². The number of benzene rings is 1. The third-order valence-corrected chi connectivity index (χ3v) is 5.35. The number of nitrogens with zero attached hydrogens (tertiary/aromatic N) is 4. The molecule has 1 fully saturated rings. The highest BCUT2D eigenvalue weighted by molar-refractivity contribution is 6.35. The minimum Gasteiger partial charge on any atom is -0.350 e. The molecule has 0 atom stereocenters. The quantitative estimate of drug-likeness (QED) is 0.366. The van der Waals surface area contributed by atoms with Gasteiger partial charge in [-0.3, -0.25) is 5.10 Å². The Hall–Kier alpha value is -2.84. The number of H-pyrrole nitrogens is 2. The Bertz CT molecular complexity index is 1150. The van der Waals surface area contributed by atoms with Crippen LogP contribution in [-0.4, -0.2) is 30.1 Å². The van der Waals surface area contributed by atoms with Gasteiger partial charge >= 0.3 is 0 Å². The van der Waals surface area contributed by atoms with Crippen LogP contribution >= 0.6 is 23.2 Å². The van der Waals surface area contributed by atoms with Crippen LogP contribution in [0.2, 0.25) is 10.0 Å². The van der Waals surface area contributed by atoms with E-state index in [-0.39, 0.29) is 0 Å². The minimum atomic E-state index is 0.414. The molecule has 10 heteroatoms. The average Bonchev–Trinajstić information content (AvgIpc) is 3.24. The van der Waals surface area contributed by atoms with E-state index in [0.717, 1.165) is 22.3 Å². The van der Waals surface area contributed by atoms with Crippen LogP contribution in [0.4, 0.5) is 17.6 Å². The number of hydrogen-bond acceptors (Lipinski definition) is 6. The molecule has 1 saturated carbocycles. The number of rotatable bonds is 6. The van der Waals surface area contributed by atoms with E-state index in [1.54, 1.807) is 12.5 Å². The van der Waals surface area contributed by atoms with Crippen LogP contribution in [0, 0.1) is 0 Å². The number of nitrogens with one attached hydrogen (secondary N) is 4. The molecule has 4 aromatic rings. The largest absolute Gasteiger partial charge is 0.350 e. The average molecular weight is 415 g/mol. The van der Waals surface area contributed by atoms with Gasteiger partial charge in [0.15, 0.2) is 11.6 Å². The summed E-state index contributed by atoms with van der Waals surface area (Å²) in [7, 11) is 0. The maximum absolute atomic E-state index is 6.44. The second-order valence-corrected chi connectivity index (χ2v) is 7.47. The molecule has 3 heterocycles. The van der Waals surface area contributed by atoms with Gasteiger partial charge in [0.1, 0.15) is 10.5 Å². The first-order valence-corrected chi connectivity index (χ1v) is 9.62. The SMILES string of the molecule is Clc1cnc(NCc2ccc3[nH]cnc3c2Cl)nc1Nc1cc(C2CC2)[nH]n1. The van der Waals surface area contributed by atoms with E-state index >= 15 is 0 Å². The van der Waals surface area contributed by atoms with Gasteiger partial charge in [-0.2, -0.15) is 10.1 Å². The van der Waals surface area contributed by atoms with Crippen molar-refractivity contribution in [3.63, 3.8) is 0 Å². The molecule has 3 aromatic heterocycles. The van der Waals surface area contributed by atoms with Gasteiger partial charge in [-0.25, -0.2) is 9.97 Å². The topological polar surface area (TPSA) is 107 Å². The number of aromatic nitrogens is 6. The molecule has 0 aliphatic heterocycles. The monoisotopic (exact) mass is 414 g/mol. The predicted molar refractivity (Wildman–Crippen MR) is 109 cm³/mol. The van der Waals surface area contributed by atoms with Crippen LogP contribution < -0.4 is 10.6 Å². The van der Waals surface area contributed by atoms with Gasteiger partial charge in [0.2, 0.25) is 5.95 Å². The molecule has 8 nitrogen and oxygen atoms in total. The summed E-state index contributed by atoms with van der Waals surface area (Å²) >= 11 is 12.7. The van der Waals surface area contributed by atoms with Crippen LogP contribution in [0.3, 0.4) is 0 Å². The van der Waals surface area contributed by atoms with Crippen molar-refractivity contribution in [1.29, 1.82) is 0 Å². The van der Waals surface area contributed by atoms with Crippen LogP contribution in [0.25, 0.3) is 11.0 Å². The molecule has 28 heavy (non-hydrogen) atoms. The van der Waals surface area contributed by atoms with Gasteiger partial charge in [0.05, 0.1) is 23.1 Å². The Kier molecular flexibility index (Phi) is 4.29. The highest BCUT2D eigenvalue weighted by atomic mass is 35.5. The van der Waals surface area contributed by atoms with Crippen LogP contribution in [0.5, 0.6) is 0 Å². The Morgan fingerprint density at radius 3 is 2.93 bits per heavy atom. The zero-order chi connectivity index (χ0) is 19.1. The smallest absolute Gasteiger partial charge is 0.224 e. The molecule has 0 unspecified atom stereocenters. The molecule has 1 aliphatic rings. The Labute approximate surface area is 170 Å². The Balaban J connectivity index is 1.32. The summed E-state index contributed by atoms with van der Waals surface area (Å²) in [5, 5.41) is 14.6. The summed E-state index contributed by atoms with van der Waals surface area (Å²) in [6, 6.07) is 5.87. The van der Waals surface area contributed by atoms with Gasteiger partial charge < -0.3 is 15.6 Å². The first-order valence-electron chi connectivity index (χ1n) is 8.86. The lowest BCUT2D eigenvalue weighted by Gasteiger charge is -2.09.